The van der Waals surface area contributed by atoms with Crippen LogP contribution < -0.4 is 5.32 Å². The molecule has 0 saturated heterocycles. The Morgan fingerprint density at radius 3 is 2.54 bits per heavy atom. The Morgan fingerprint density at radius 1 is 1.54 bits per heavy atom. The molecule has 6 nitrogen and oxygen atoms in total. The van der Waals surface area contributed by atoms with Gasteiger partial charge in [-0.3, -0.25) is 14.9 Å². The molecule has 2 amide bonds. The van der Waals surface area contributed by atoms with Gasteiger partial charge in [-0.25, -0.2) is 4.68 Å². The van der Waals surface area contributed by atoms with Crippen LogP contribution in [0.4, 0.5) is 0 Å². The molecule has 0 fully saturated rings. The highest BCUT2D eigenvalue weighted by molar-refractivity contribution is 9.10. The average Bonchev–Trinajstić information content (AvgIpc) is 2.29. The third kappa shape index (κ3) is 2.11. The van der Waals surface area contributed by atoms with Crippen LogP contribution in [0.2, 0.25) is 0 Å². The van der Waals surface area contributed by atoms with E-state index in [2.05, 4.69) is 31.6 Å². The zero-order valence-electron chi connectivity index (χ0n) is 7.04. The summed E-state index contributed by atoms with van der Waals surface area (Å²) in [4.78, 5) is 21.9. The maximum Gasteiger partial charge on any atom is 0.278 e. The first-order valence-corrected chi connectivity index (χ1v) is 4.18. The normalized spacial score (nSPS) is 9.77. The summed E-state index contributed by atoms with van der Waals surface area (Å²) in [6, 6.07) is 0. The van der Waals surface area contributed by atoms with E-state index in [4.69, 9.17) is 0 Å². The third-order valence-corrected chi connectivity index (χ3v) is 1.82. The van der Waals surface area contributed by atoms with Crippen LogP contribution in [0, 0.1) is 0 Å². The first-order chi connectivity index (χ1) is 6.02. The average molecular weight is 247 g/mol. The van der Waals surface area contributed by atoms with E-state index in [1.54, 1.807) is 7.05 Å². The Balaban J connectivity index is 2.94. The van der Waals surface area contributed by atoms with Gasteiger partial charge < -0.3 is 0 Å². The number of nitrogens with zero attached hydrogens (tertiary/aromatic N) is 3. The number of rotatable bonds is 1. The predicted octanol–water partition coefficient (Wildman–Crippen LogP) is -0.146. The standard InChI is InChI=1S/C6H7BrN4O2/c1-3(12)8-6(13)4-5(7)9-10-11(4)2/h1-2H3,(H,8,12,13). The second-order valence-electron chi connectivity index (χ2n) is 2.36. The molecule has 0 aliphatic rings. The first kappa shape index (κ1) is 9.85. The van der Waals surface area contributed by atoms with Crippen molar-refractivity contribution < 1.29 is 9.59 Å². The van der Waals surface area contributed by atoms with E-state index in [9.17, 15) is 9.59 Å². The minimum Gasteiger partial charge on any atom is -0.291 e. The second-order valence-corrected chi connectivity index (χ2v) is 3.11. The highest BCUT2D eigenvalue weighted by atomic mass is 79.9. The summed E-state index contributed by atoms with van der Waals surface area (Å²) in [6.45, 7) is 1.26. The summed E-state index contributed by atoms with van der Waals surface area (Å²) in [5.74, 6) is -0.940. The van der Waals surface area contributed by atoms with E-state index in [0.29, 0.717) is 4.60 Å². The molecule has 1 aromatic heterocycles. The Morgan fingerprint density at radius 2 is 2.15 bits per heavy atom. The SMILES string of the molecule is CC(=O)NC(=O)c1c(Br)nnn1C. The summed E-state index contributed by atoms with van der Waals surface area (Å²) >= 11 is 3.04. The summed E-state index contributed by atoms with van der Waals surface area (Å²) < 4.78 is 1.59. The number of nitrogens with one attached hydrogen (secondary N) is 1. The van der Waals surface area contributed by atoms with Gasteiger partial charge in [-0.05, 0) is 15.9 Å². The van der Waals surface area contributed by atoms with Gasteiger partial charge in [0.15, 0.2) is 10.3 Å². The number of carbonyl (C=O) groups is 2. The van der Waals surface area contributed by atoms with Crippen molar-refractivity contribution in [3.05, 3.63) is 10.3 Å². The van der Waals surface area contributed by atoms with Crippen molar-refractivity contribution in [1.82, 2.24) is 20.3 Å². The number of hydrogen-bond donors (Lipinski definition) is 1. The van der Waals surface area contributed by atoms with E-state index >= 15 is 0 Å². The molecule has 7 heteroatoms. The summed E-state index contributed by atoms with van der Waals surface area (Å²) in [5.41, 5.74) is 0.218. The fourth-order valence-corrected chi connectivity index (χ4v) is 1.30. The molecule has 0 saturated carbocycles. The van der Waals surface area contributed by atoms with Crippen molar-refractivity contribution in [2.75, 3.05) is 0 Å². The van der Waals surface area contributed by atoms with Crippen LogP contribution in [0.25, 0.3) is 0 Å². The fourth-order valence-electron chi connectivity index (χ4n) is 0.792. The maximum atomic E-state index is 11.3. The lowest BCUT2D eigenvalue weighted by Gasteiger charge is -1.99. The van der Waals surface area contributed by atoms with Gasteiger partial charge in [0.25, 0.3) is 5.91 Å². The molecular formula is C6H7BrN4O2. The van der Waals surface area contributed by atoms with E-state index in [1.165, 1.54) is 11.6 Å². The van der Waals surface area contributed by atoms with Gasteiger partial charge in [-0.2, -0.15) is 0 Å². The van der Waals surface area contributed by atoms with Gasteiger partial charge in [0.1, 0.15) is 0 Å². The van der Waals surface area contributed by atoms with Crippen LogP contribution in [0.3, 0.4) is 0 Å². The Hall–Kier alpha value is -1.24. The number of aromatic nitrogens is 3. The Labute approximate surface area is 82.4 Å². The van der Waals surface area contributed by atoms with E-state index in [0.717, 1.165) is 0 Å². The predicted molar refractivity (Wildman–Crippen MR) is 46.9 cm³/mol. The summed E-state index contributed by atoms with van der Waals surface area (Å²) in [5, 5.41) is 9.31. The molecule has 0 radical (unpaired) electrons. The van der Waals surface area contributed by atoms with Gasteiger partial charge in [0.2, 0.25) is 5.91 Å². The Kier molecular flexibility index (Phi) is 2.76. The fraction of sp³-hybridized carbons (Fsp3) is 0.333. The van der Waals surface area contributed by atoms with Gasteiger partial charge in [-0.15, -0.1) is 5.10 Å². The topological polar surface area (TPSA) is 76.9 Å². The number of carbonyl (C=O) groups excluding carboxylic acids is 2. The molecule has 0 spiro atoms. The zero-order chi connectivity index (χ0) is 10.0. The molecule has 0 aliphatic heterocycles. The smallest absolute Gasteiger partial charge is 0.278 e. The quantitative estimate of drug-likeness (QED) is 0.748. The minimum atomic E-state index is -0.521. The third-order valence-electron chi connectivity index (χ3n) is 1.29. The highest BCUT2D eigenvalue weighted by Crippen LogP contribution is 2.10. The number of halogens is 1. The number of amides is 2. The first-order valence-electron chi connectivity index (χ1n) is 3.39. The van der Waals surface area contributed by atoms with Crippen molar-refractivity contribution in [3.8, 4) is 0 Å². The molecule has 0 atom stereocenters. The number of aryl methyl sites for hydroxylation is 1. The molecule has 0 aromatic carbocycles. The molecule has 13 heavy (non-hydrogen) atoms. The molecule has 70 valence electrons. The van der Waals surface area contributed by atoms with Gasteiger partial charge in [0.05, 0.1) is 0 Å². The molecule has 0 bridgehead atoms. The Bertz CT molecular complexity index is 340. The summed E-state index contributed by atoms with van der Waals surface area (Å²) in [6.07, 6.45) is 0. The minimum absolute atomic E-state index is 0.218. The van der Waals surface area contributed by atoms with Crippen LogP contribution in [0.15, 0.2) is 4.60 Å². The van der Waals surface area contributed by atoms with Gasteiger partial charge in [0, 0.05) is 14.0 Å². The largest absolute Gasteiger partial charge is 0.291 e. The molecule has 1 heterocycles. The van der Waals surface area contributed by atoms with Crippen molar-refractivity contribution >= 4 is 27.7 Å². The zero-order valence-corrected chi connectivity index (χ0v) is 8.62. The van der Waals surface area contributed by atoms with Crippen molar-refractivity contribution in [3.63, 3.8) is 0 Å². The molecule has 0 aliphatic carbocycles. The van der Waals surface area contributed by atoms with Gasteiger partial charge in [-0.1, -0.05) is 5.21 Å². The van der Waals surface area contributed by atoms with Crippen LogP contribution in [-0.2, 0) is 11.8 Å². The number of hydrogen-bond acceptors (Lipinski definition) is 4. The van der Waals surface area contributed by atoms with Crippen LogP contribution in [0.1, 0.15) is 17.4 Å². The molecular weight excluding hydrogens is 240 g/mol. The van der Waals surface area contributed by atoms with Gasteiger partial charge >= 0.3 is 0 Å². The van der Waals surface area contributed by atoms with Crippen LogP contribution >= 0.6 is 15.9 Å². The monoisotopic (exact) mass is 246 g/mol. The van der Waals surface area contributed by atoms with Crippen LogP contribution in [-0.4, -0.2) is 26.8 Å². The lowest BCUT2D eigenvalue weighted by atomic mass is 10.4. The molecule has 1 rings (SSSR count). The summed E-state index contributed by atoms with van der Waals surface area (Å²) in [7, 11) is 1.56. The second kappa shape index (κ2) is 3.65. The highest BCUT2D eigenvalue weighted by Gasteiger charge is 2.17. The lowest BCUT2D eigenvalue weighted by Crippen LogP contribution is -2.29. The van der Waals surface area contributed by atoms with E-state index in [1.807, 2.05) is 0 Å². The van der Waals surface area contributed by atoms with Crippen molar-refractivity contribution in [1.29, 1.82) is 0 Å². The van der Waals surface area contributed by atoms with E-state index < -0.39 is 11.8 Å². The van der Waals surface area contributed by atoms with Crippen molar-refractivity contribution in [2.45, 2.75) is 6.92 Å². The number of imide groups is 1. The molecule has 1 aromatic rings. The lowest BCUT2D eigenvalue weighted by molar-refractivity contribution is -0.118. The maximum absolute atomic E-state index is 11.3. The van der Waals surface area contributed by atoms with E-state index in [-0.39, 0.29) is 5.69 Å². The van der Waals surface area contributed by atoms with Crippen molar-refractivity contribution in [2.24, 2.45) is 7.05 Å². The van der Waals surface area contributed by atoms with Crippen LogP contribution in [0.5, 0.6) is 0 Å². The molecule has 1 N–H and O–H groups in total. The molecule has 0 unspecified atom stereocenters.